The molecule has 0 saturated heterocycles. The lowest BCUT2D eigenvalue weighted by Crippen LogP contribution is -2.28. The molecule has 1 unspecified atom stereocenters. The lowest BCUT2D eigenvalue weighted by molar-refractivity contribution is -0.161. The molecule has 5 nitrogen and oxygen atoms in total. The quantitative estimate of drug-likeness (QED) is 0.0375. The van der Waals surface area contributed by atoms with Gasteiger partial charge in [-0.05, 0) is 38.5 Å². The molecule has 0 rings (SSSR count). The highest BCUT2D eigenvalue weighted by Crippen LogP contribution is 2.17. The molecule has 0 amide bonds. The van der Waals surface area contributed by atoms with Gasteiger partial charge < -0.3 is 14.6 Å². The second-order valence-corrected chi connectivity index (χ2v) is 19.0. The number of esters is 2. The van der Waals surface area contributed by atoms with Crippen molar-refractivity contribution in [3.8, 4) is 0 Å². The van der Waals surface area contributed by atoms with Gasteiger partial charge in [0.25, 0.3) is 0 Å². The van der Waals surface area contributed by atoms with Gasteiger partial charge in [-0.25, -0.2) is 0 Å². The highest BCUT2D eigenvalue weighted by molar-refractivity contribution is 5.70. The van der Waals surface area contributed by atoms with Crippen molar-refractivity contribution in [3.63, 3.8) is 0 Å². The summed E-state index contributed by atoms with van der Waals surface area (Å²) in [6, 6.07) is 0. The number of carbonyl (C=O) groups is 2. The number of aliphatic hydroxyl groups is 1. The summed E-state index contributed by atoms with van der Waals surface area (Å²) in [4.78, 5) is 24.3. The molecular weight excluding hydrogens is 753 g/mol. The SMILES string of the molecule is CCCCCCCCCC/C=C\CCCCCCCCCCCCCCCCCCCCCCCCCCCC(=O)OC(CO)COC(=O)CCCCCCCCCCCC. The van der Waals surface area contributed by atoms with Crippen LogP contribution in [0.1, 0.15) is 316 Å². The van der Waals surface area contributed by atoms with E-state index in [0.717, 1.165) is 38.5 Å². The minimum Gasteiger partial charge on any atom is -0.462 e. The molecule has 0 heterocycles. The fraction of sp³-hybridized carbons (Fsp3) is 0.929. The molecule has 1 atom stereocenters. The molecule has 0 aliphatic carbocycles. The van der Waals surface area contributed by atoms with E-state index in [1.807, 2.05) is 0 Å². The summed E-state index contributed by atoms with van der Waals surface area (Å²) in [5.74, 6) is -0.574. The predicted molar refractivity (Wildman–Crippen MR) is 265 cm³/mol. The molecular formula is C56H108O5. The maximum Gasteiger partial charge on any atom is 0.306 e. The summed E-state index contributed by atoms with van der Waals surface area (Å²) < 4.78 is 10.6. The van der Waals surface area contributed by atoms with Crippen LogP contribution >= 0.6 is 0 Å². The maximum atomic E-state index is 12.2. The van der Waals surface area contributed by atoms with Crippen molar-refractivity contribution in [2.45, 2.75) is 322 Å². The van der Waals surface area contributed by atoms with Gasteiger partial charge in [0.05, 0.1) is 6.61 Å². The third-order valence-corrected chi connectivity index (χ3v) is 12.8. The summed E-state index contributed by atoms with van der Waals surface area (Å²) in [6.07, 6.45) is 65.0. The summed E-state index contributed by atoms with van der Waals surface area (Å²) in [7, 11) is 0. The van der Waals surface area contributed by atoms with E-state index in [-0.39, 0.29) is 25.2 Å². The Hall–Kier alpha value is -1.36. The second kappa shape index (κ2) is 53.0. The van der Waals surface area contributed by atoms with E-state index < -0.39 is 6.10 Å². The van der Waals surface area contributed by atoms with E-state index in [9.17, 15) is 14.7 Å². The molecule has 0 aliphatic rings. The van der Waals surface area contributed by atoms with Crippen LogP contribution in [0, 0.1) is 0 Å². The van der Waals surface area contributed by atoms with Gasteiger partial charge in [-0.15, -0.1) is 0 Å². The minimum absolute atomic E-state index is 0.0579. The first-order valence-electron chi connectivity index (χ1n) is 27.7. The number of unbranched alkanes of at least 4 members (excludes halogenated alkanes) is 42. The zero-order chi connectivity index (χ0) is 44.2. The second-order valence-electron chi connectivity index (χ2n) is 19.0. The van der Waals surface area contributed by atoms with Crippen LogP contribution in [0.4, 0.5) is 0 Å². The zero-order valence-corrected chi connectivity index (χ0v) is 41.5. The topological polar surface area (TPSA) is 72.8 Å². The van der Waals surface area contributed by atoms with Gasteiger partial charge >= 0.3 is 11.9 Å². The molecule has 1 N–H and O–H groups in total. The molecule has 61 heavy (non-hydrogen) atoms. The molecule has 0 fully saturated rings. The number of ether oxygens (including phenoxy) is 2. The molecule has 362 valence electrons. The van der Waals surface area contributed by atoms with Crippen molar-refractivity contribution in [3.05, 3.63) is 12.2 Å². The van der Waals surface area contributed by atoms with Crippen LogP contribution in [0.5, 0.6) is 0 Å². The maximum absolute atomic E-state index is 12.2. The highest BCUT2D eigenvalue weighted by Gasteiger charge is 2.16. The third-order valence-electron chi connectivity index (χ3n) is 12.8. The van der Waals surface area contributed by atoms with Crippen molar-refractivity contribution < 1.29 is 24.2 Å². The molecule has 5 heteroatoms. The Bertz CT molecular complexity index is 886. The first-order valence-corrected chi connectivity index (χ1v) is 27.7. The Morgan fingerprint density at radius 2 is 0.607 bits per heavy atom. The Balaban J connectivity index is 3.32. The van der Waals surface area contributed by atoms with Crippen LogP contribution in [0.2, 0.25) is 0 Å². The molecule has 0 radical (unpaired) electrons. The number of allylic oxidation sites excluding steroid dienone is 2. The summed E-state index contributed by atoms with van der Waals surface area (Å²) in [6.45, 7) is 4.16. The van der Waals surface area contributed by atoms with E-state index in [1.54, 1.807) is 0 Å². The van der Waals surface area contributed by atoms with Gasteiger partial charge in [0.15, 0.2) is 6.10 Å². The van der Waals surface area contributed by atoms with E-state index in [0.29, 0.717) is 12.8 Å². The molecule has 0 aromatic carbocycles. The number of carbonyl (C=O) groups excluding carboxylic acids is 2. The Morgan fingerprint density at radius 1 is 0.361 bits per heavy atom. The van der Waals surface area contributed by atoms with Crippen molar-refractivity contribution in [1.82, 2.24) is 0 Å². The van der Waals surface area contributed by atoms with Crippen LogP contribution < -0.4 is 0 Å². The van der Waals surface area contributed by atoms with Gasteiger partial charge in [0, 0.05) is 12.8 Å². The van der Waals surface area contributed by atoms with Crippen LogP contribution in [0.15, 0.2) is 12.2 Å². The molecule has 0 saturated carbocycles. The van der Waals surface area contributed by atoms with Gasteiger partial charge in [-0.2, -0.15) is 0 Å². The lowest BCUT2D eigenvalue weighted by atomic mass is 10.0. The number of hydrogen-bond acceptors (Lipinski definition) is 5. The van der Waals surface area contributed by atoms with Gasteiger partial charge in [-0.1, -0.05) is 276 Å². The van der Waals surface area contributed by atoms with Gasteiger partial charge in [-0.3, -0.25) is 9.59 Å². The zero-order valence-electron chi connectivity index (χ0n) is 41.5. The van der Waals surface area contributed by atoms with Crippen molar-refractivity contribution in [2.75, 3.05) is 13.2 Å². The Morgan fingerprint density at radius 3 is 0.885 bits per heavy atom. The normalized spacial score (nSPS) is 12.1. The molecule has 0 spiro atoms. The summed E-state index contributed by atoms with van der Waals surface area (Å²) in [5.41, 5.74) is 0. The van der Waals surface area contributed by atoms with Crippen LogP contribution in [-0.2, 0) is 19.1 Å². The Labute approximate surface area is 381 Å². The van der Waals surface area contributed by atoms with E-state index in [2.05, 4.69) is 26.0 Å². The van der Waals surface area contributed by atoms with Crippen molar-refractivity contribution >= 4 is 11.9 Å². The van der Waals surface area contributed by atoms with Gasteiger partial charge in [0.1, 0.15) is 6.61 Å². The standard InChI is InChI=1S/C56H108O5/c1-3-5-7-9-11-13-15-16-17-18-19-20-21-22-23-24-25-26-27-28-29-30-31-32-33-34-35-36-37-38-39-40-41-43-45-47-49-51-56(59)61-54(52-57)53-60-55(58)50-48-46-44-42-14-12-10-8-6-4-2/h18-19,54,57H,3-17,20-53H2,1-2H3/b19-18-. The smallest absolute Gasteiger partial charge is 0.306 e. The van der Waals surface area contributed by atoms with Crippen molar-refractivity contribution in [1.29, 1.82) is 0 Å². The van der Waals surface area contributed by atoms with Gasteiger partial charge in [0.2, 0.25) is 0 Å². The number of rotatable bonds is 52. The average Bonchev–Trinajstić information content (AvgIpc) is 3.26. The van der Waals surface area contributed by atoms with E-state index in [1.165, 1.54) is 250 Å². The third kappa shape index (κ3) is 51.2. The first kappa shape index (κ1) is 59.6. The molecule has 0 aliphatic heterocycles. The number of aliphatic hydroxyl groups excluding tert-OH is 1. The first-order chi connectivity index (χ1) is 30.1. The van der Waals surface area contributed by atoms with Crippen LogP contribution in [-0.4, -0.2) is 36.4 Å². The molecule has 0 aromatic rings. The fourth-order valence-electron chi connectivity index (χ4n) is 8.61. The van der Waals surface area contributed by atoms with E-state index >= 15 is 0 Å². The largest absolute Gasteiger partial charge is 0.462 e. The summed E-state index contributed by atoms with van der Waals surface area (Å²) in [5, 5.41) is 9.59. The van der Waals surface area contributed by atoms with E-state index in [4.69, 9.17) is 9.47 Å². The molecule has 0 aromatic heterocycles. The Kier molecular flexibility index (Phi) is 51.8. The van der Waals surface area contributed by atoms with Crippen molar-refractivity contribution in [2.24, 2.45) is 0 Å². The predicted octanol–water partition coefficient (Wildman–Crippen LogP) is 18.4. The minimum atomic E-state index is -0.763. The highest BCUT2D eigenvalue weighted by atomic mass is 16.6. The number of hydrogen-bond donors (Lipinski definition) is 1. The summed E-state index contributed by atoms with van der Waals surface area (Å²) >= 11 is 0. The lowest BCUT2D eigenvalue weighted by Gasteiger charge is -2.15. The fourth-order valence-corrected chi connectivity index (χ4v) is 8.61. The molecule has 0 bridgehead atoms. The monoisotopic (exact) mass is 861 g/mol. The van der Waals surface area contributed by atoms with Crippen LogP contribution in [0.3, 0.4) is 0 Å². The average molecular weight is 861 g/mol. The van der Waals surface area contributed by atoms with Crippen LogP contribution in [0.25, 0.3) is 0 Å².